The third-order valence-electron chi connectivity index (χ3n) is 4.79. The van der Waals surface area contributed by atoms with E-state index in [0.29, 0.717) is 13.1 Å². The van der Waals surface area contributed by atoms with Gasteiger partial charge in [0, 0.05) is 18.8 Å². The fraction of sp³-hybridized carbons (Fsp3) is 0.333. The lowest BCUT2D eigenvalue weighted by atomic mass is 10.2. The molecule has 0 unspecified atom stereocenters. The molecular formula is C21H23FN2O6S. The Morgan fingerprint density at radius 1 is 1.06 bits per heavy atom. The number of rotatable bonds is 7. The van der Waals surface area contributed by atoms with Crippen LogP contribution in [0, 0.1) is 5.82 Å². The summed E-state index contributed by atoms with van der Waals surface area (Å²) in [6.07, 6.45) is 2.56. The lowest BCUT2D eigenvalue weighted by Crippen LogP contribution is -2.35. The Morgan fingerprint density at radius 2 is 1.74 bits per heavy atom. The van der Waals surface area contributed by atoms with Crippen molar-refractivity contribution in [2.24, 2.45) is 0 Å². The Morgan fingerprint density at radius 3 is 2.39 bits per heavy atom. The fourth-order valence-electron chi connectivity index (χ4n) is 3.20. The normalized spacial score (nSPS) is 14.6. The number of piperidine rings is 1. The number of carbonyl (C=O) groups is 2. The first-order chi connectivity index (χ1) is 14.8. The van der Waals surface area contributed by atoms with Gasteiger partial charge < -0.3 is 14.8 Å². The minimum Gasteiger partial charge on any atom is -0.495 e. The molecule has 1 saturated heterocycles. The maximum atomic E-state index is 13.0. The number of sulfonamides is 1. The average Bonchev–Trinajstić information content (AvgIpc) is 2.78. The van der Waals surface area contributed by atoms with E-state index in [1.807, 2.05) is 0 Å². The summed E-state index contributed by atoms with van der Waals surface area (Å²) in [6, 6.07) is 8.98. The number of esters is 1. The van der Waals surface area contributed by atoms with Crippen LogP contribution >= 0.6 is 0 Å². The molecule has 1 aliphatic rings. The van der Waals surface area contributed by atoms with Crippen molar-refractivity contribution < 1.29 is 31.9 Å². The van der Waals surface area contributed by atoms with E-state index in [9.17, 15) is 22.4 Å². The standard InChI is InChI=1S/C21H23FN2O6S/c1-29-18-10-9-17(13-19(18)31(27,28)24-11-3-2-4-12-24)23-20(25)14-30-21(26)15-5-7-16(22)8-6-15/h5-10,13H,2-4,11-12,14H2,1H3,(H,23,25). The van der Waals surface area contributed by atoms with Crippen LogP contribution in [-0.4, -0.2) is 51.4 Å². The average molecular weight is 450 g/mol. The van der Waals surface area contributed by atoms with Crippen molar-refractivity contribution in [3.05, 3.63) is 53.8 Å². The van der Waals surface area contributed by atoms with Gasteiger partial charge in [0.15, 0.2) is 6.61 Å². The van der Waals surface area contributed by atoms with Gasteiger partial charge in [0.25, 0.3) is 5.91 Å². The van der Waals surface area contributed by atoms with Crippen molar-refractivity contribution in [2.75, 3.05) is 32.1 Å². The molecule has 10 heteroatoms. The zero-order valence-corrected chi connectivity index (χ0v) is 17.8. The number of benzene rings is 2. The number of hydrogen-bond acceptors (Lipinski definition) is 6. The van der Waals surface area contributed by atoms with Crippen molar-refractivity contribution in [1.82, 2.24) is 4.31 Å². The Kier molecular flexibility index (Phi) is 7.24. The molecule has 1 aliphatic heterocycles. The summed E-state index contributed by atoms with van der Waals surface area (Å²) in [7, 11) is -2.41. The topological polar surface area (TPSA) is 102 Å². The molecule has 1 heterocycles. The first-order valence-electron chi connectivity index (χ1n) is 9.72. The summed E-state index contributed by atoms with van der Waals surface area (Å²) in [5, 5.41) is 2.51. The summed E-state index contributed by atoms with van der Waals surface area (Å²) < 4.78 is 50.5. The molecule has 3 rings (SSSR count). The molecule has 0 aliphatic carbocycles. The summed E-state index contributed by atoms with van der Waals surface area (Å²) in [5.74, 6) is -1.75. The van der Waals surface area contributed by atoms with E-state index in [-0.39, 0.29) is 21.9 Å². The van der Waals surface area contributed by atoms with Crippen LogP contribution in [0.25, 0.3) is 0 Å². The number of carbonyl (C=O) groups excluding carboxylic acids is 2. The Labute approximate surface area is 180 Å². The highest BCUT2D eigenvalue weighted by Crippen LogP contribution is 2.31. The highest BCUT2D eigenvalue weighted by molar-refractivity contribution is 7.89. The van der Waals surface area contributed by atoms with Gasteiger partial charge >= 0.3 is 5.97 Å². The number of hydrogen-bond donors (Lipinski definition) is 1. The van der Waals surface area contributed by atoms with E-state index in [4.69, 9.17) is 9.47 Å². The molecule has 1 amide bonds. The van der Waals surface area contributed by atoms with Crippen LogP contribution in [0.1, 0.15) is 29.6 Å². The summed E-state index contributed by atoms with van der Waals surface area (Å²) >= 11 is 0. The van der Waals surface area contributed by atoms with Crippen molar-refractivity contribution in [2.45, 2.75) is 24.2 Å². The van der Waals surface area contributed by atoms with Gasteiger partial charge in [-0.2, -0.15) is 4.31 Å². The zero-order chi connectivity index (χ0) is 22.4. The molecule has 2 aromatic carbocycles. The molecule has 1 N–H and O–H groups in total. The van der Waals surface area contributed by atoms with Crippen molar-refractivity contribution in [1.29, 1.82) is 0 Å². The third kappa shape index (κ3) is 5.59. The van der Waals surface area contributed by atoms with Crippen molar-refractivity contribution in [3.63, 3.8) is 0 Å². The molecule has 1 fully saturated rings. The van der Waals surface area contributed by atoms with Crippen LogP contribution in [0.4, 0.5) is 10.1 Å². The van der Waals surface area contributed by atoms with Crippen LogP contribution in [-0.2, 0) is 19.6 Å². The third-order valence-corrected chi connectivity index (χ3v) is 6.71. The van der Waals surface area contributed by atoms with Gasteiger partial charge in [-0.05, 0) is 55.3 Å². The second kappa shape index (κ2) is 9.88. The lowest BCUT2D eigenvalue weighted by molar-refractivity contribution is -0.119. The molecule has 0 saturated carbocycles. The molecule has 31 heavy (non-hydrogen) atoms. The lowest BCUT2D eigenvalue weighted by Gasteiger charge is -2.26. The summed E-state index contributed by atoms with van der Waals surface area (Å²) in [4.78, 5) is 24.1. The van der Waals surface area contributed by atoms with Crippen LogP contribution in [0.5, 0.6) is 5.75 Å². The number of nitrogens with one attached hydrogen (secondary N) is 1. The quantitative estimate of drug-likeness (QED) is 0.651. The number of nitrogens with zero attached hydrogens (tertiary/aromatic N) is 1. The van der Waals surface area contributed by atoms with Crippen LogP contribution < -0.4 is 10.1 Å². The van der Waals surface area contributed by atoms with E-state index in [0.717, 1.165) is 31.4 Å². The predicted octanol–water partition coefficient (Wildman–Crippen LogP) is 2.80. The number of methoxy groups -OCH3 is 1. The van der Waals surface area contributed by atoms with Gasteiger partial charge in [0.1, 0.15) is 16.5 Å². The van der Waals surface area contributed by atoms with Crippen LogP contribution in [0.3, 0.4) is 0 Å². The van der Waals surface area contributed by atoms with Gasteiger partial charge in [0.2, 0.25) is 10.0 Å². The first kappa shape index (κ1) is 22.7. The number of amides is 1. The van der Waals surface area contributed by atoms with Crippen LogP contribution in [0.2, 0.25) is 0 Å². The number of anilines is 1. The Balaban J connectivity index is 1.68. The second-order valence-corrected chi connectivity index (χ2v) is 8.87. The van der Waals surface area contributed by atoms with Crippen LogP contribution in [0.15, 0.2) is 47.4 Å². The fourth-order valence-corrected chi connectivity index (χ4v) is 4.90. The van der Waals surface area contributed by atoms with Crippen molar-refractivity contribution in [3.8, 4) is 5.75 Å². The molecule has 0 radical (unpaired) electrons. The second-order valence-electron chi connectivity index (χ2n) is 6.96. The molecule has 0 bridgehead atoms. The Hall–Kier alpha value is -2.98. The highest BCUT2D eigenvalue weighted by Gasteiger charge is 2.29. The Bertz CT molecular complexity index is 1050. The predicted molar refractivity (Wildman–Crippen MR) is 111 cm³/mol. The molecule has 0 spiro atoms. The smallest absolute Gasteiger partial charge is 0.338 e. The molecule has 2 aromatic rings. The van der Waals surface area contributed by atoms with Gasteiger partial charge in [0.05, 0.1) is 12.7 Å². The molecular weight excluding hydrogens is 427 g/mol. The van der Waals surface area contributed by atoms with E-state index in [1.165, 1.54) is 41.7 Å². The van der Waals surface area contributed by atoms with E-state index in [1.54, 1.807) is 0 Å². The summed E-state index contributed by atoms with van der Waals surface area (Å²) in [5.41, 5.74) is 0.327. The van der Waals surface area contributed by atoms with E-state index < -0.39 is 34.3 Å². The minimum atomic E-state index is -3.79. The zero-order valence-electron chi connectivity index (χ0n) is 17.0. The SMILES string of the molecule is COc1ccc(NC(=O)COC(=O)c2ccc(F)cc2)cc1S(=O)(=O)N1CCCCC1. The first-order valence-corrected chi connectivity index (χ1v) is 11.2. The molecule has 0 atom stereocenters. The van der Waals surface area contributed by atoms with E-state index in [2.05, 4.69) is 5.32 Å². The van der Waals surface area contributed by atoms with Gasteiger partial charge in [-0.25, -0.2) is 17.6 Å². The minimum absolute atomic E-state index is 0.0435. The van der Waals surface area contributed by atoms with E-state index >= 15 is 0 Å². The highest BCUT2D eigenvalue weighted by atomic mass is 32.2. The van der Waals surface area contributed by atoms with Gasteiger partial charge in [-0.15, -0.1) is 0 Å². The molecule has 0 aromatic heterocycles. The maximum absolute atomic E-state index is 13.0. The van der Waals surface area contributed by atoms with Gasteiger partial charge in [-0.1, -0.05) is 6.42 Å². The monoisotopic (exact) mass is 450 g/mol. The van der Waals surface area contributed by atoms with Crippen molar-refractivity contribution >= 4 is 27.6 Å². The number of halogens is 1. The molecule has 8 nitrogen and oxygen atoms in total. The van der Waals surface area contributed by atoms with Gasteiger partial charge in [-0.3, -0.25) is 4.79 Å². The number of ether oxygens (including phenoxy) is 2. The summed E-state index contributed by atoms with van der Waals surface area (Å²) in [6.45, 7) is 0.277. The maximum Gasteiger partial charge on any atom is 0.338 e. The molecule has 166 valence electrons. The largest absolute Gasteiger partial charge is 0.495 e.